The second-order valence-electron chi connectivity index (χ2n) is 4.88. The van der Waals surface area contributed by atoms with Crippen LogP contribution < -0.4 is 9.64 Å². The van der Waals surface area contributed by atoms with Gasteiger partial charge in [-0.3, -0.25) is 9.59 Å². The van der Waals surface area contributed by atoms with Gasteiger partial charge in [0.05, 0.1) is 18.7 Å². The summed E-state index contributed by atoms with van der Waals surface area (Å²) in [5, 5.41) is 9.03. The molecular weight excluding hydrogens is 258 g/mol. The molecule has 0 saturated carbocycles. The van der Waals surface area contributed by atoms with Gasteiger partial charge in [0.15, 0.2) is 0 Å². The smallest absolute Gasteiger partial charge is 0.303 e. The summed E-state index contributed by atoms with van der Waals surface area (Å²) in [6.07, 6.45) is 0.739. The first kappa shape index (κ1) is 14.4. The summed E-state index contributed by atoms with van der Waals surface area (Å²) in [5.41, 5.74) is 1.62. The Morgan fingerprint density at radius 3 is 2.80 bits per heavy atom. The van der Waals surface area contributed by atoms with Gasteiger partial charge in [-0.2, -0.15) is 0 Å². The lowest BCUT2D eigenvalue weighted by Crippen LogP contribution is -2.35. The summed E-state index contributed by atoms with van der Waals surface area (Å²) in [5.74, 6) is -0.292. The highest BCUT2D eigenvalue weighted by Crippen LogP contribution is 2.43. The third kappa shape index (κ3) is 2.76. The zero-order valence-corrected chi connectivity index (χ0v) is 11.8. The minimum Gasteiger partial charge on any atom is -0.492 e. The van der Waals surface area contributed by atoms with Crippen LogP contribution in [0.4, 0.5) is 5.69 Å². The molecule has 2 rings (SSSR count). The van der Waals surface area contributed by atoms with Crippen molar-refractivity contribution >= 4 is 17.6 Å². The zero-order valence-electron chi connectivity index (χ0n) is 11.8. The molecule has 5 nitrogen and oxygen atoms in total. The van der Waals surface area contributed by atoms with Gasteiger partial charge in [0.2, 0.25) is 5.91 Å². The summed E-state index contributed by atoms with van der Waals surface area (Å²) in [6.45, 7) is 4.44. The molecule has 1 unspecified atom stereocenters. The average molecular weight is 277 g/mol. The Hall–Kier alpha value is -2.04. The van der Waals surface area contributed by atoms with Gasteiger partial charge in [-0.25, -0.2) is 0 Å². The number of para-hydroxylation sites is 1. The van der Waals surface area contributed by atoms with Crippen molar-refractivity contribution in [3.63, 3.8) is 0 Å². The lowest BCUT2D eigenvalue weighted by molar-refractivity contribution is -0.137. The van der Waals surface area contributed by atoms with Gasteiger partial charge in [-0.05, 0) is 30.9 Å². The van der Waals surface area contributed by atoms with E-state index < -0.39 is 5.97 Å². The van der Waals surface area contributed by atoms with Crippen LogP contribution in [0.2, 0.25) is 0 Å². The number of ether oxygens (including phenoxy) is 1. The molecule has 1 atom stereocenters. The van der Waals surface area contributed by atoms with E-state index >= 15 is 0 Å². The van der Waals surface area contributed by atoms with Gasteiger partial charge in [0.25, 0.3) is 0 Å². The van der Waals surface area contributed by atoms with Crippen LogP contribution in [0, 0.1) is 0 Å². The van der Waals surface area contributed by atoms with Crippen molar-refractivity contribution in [2.24, 2.45) is 0 Å². The standard InChI is InChI=1S/C15H19NO4/c1-3-20-13-6-4-5-12-11(9-14(18)19)7-8-16(10(2)17)15(12)13/h4-6,11H,3,7-9H2,1-2H3,(H,18,19). The average Bonchev–Trinajstić information content (AvgIpc) is 2.39. The van der Waals surface area contributed by atoms with E-state index in [1.165, 1.54) is 6.92 Å². The summed E-state index contributed by atoms with van der Waals surface area (Å²) >= 11 is 0. The molecule has 1 aliphatic rings. The van der Waals surface area contributed by atoms with Crippen LogP contribution in [-0.4, -0.2) is 30.1 Å². The van der Waals surface area contributed by atoms with E-state index in [1.54, 1.807) is 4.90 Å². The van der Waals surface area contributed by atoms with E-state index in [4.69, 9.17) is 9.84 Å². The Bertz CT molecular complexity index is 527. The van der Waals surface area contributed by atoms with Crippen LogP contribution in [-0.2, 0) is 9.59 Å². The molecule has 0 radical (unpaired) electrons. The molecule has 1 aromatic rings. The molecule has 5 heteroatoms. The lowest BCUT2D eigenvalue weighted by atomic mass is 9.87. The maximum atomic E-state index is 11.8. The van der Waals surface area contributed by atoms with Gasteiger partial charge in [-0.1, -0.05) is 12.1 Å². The molecule has 1 N–H and O–H groups in total. The minimum absolute atomic E-state index is 0.0489. The Labute approximate surface area is 118 Å². The van der Waals surface area contributed by atoms with Crippen molar-refractivity contribution in [3.8, 4) is 5.75 Å². The Morgan fingerprint density at radius 2 is 2.20 bits per heavy atom. The van der Waals surface area contributed by atoms with Crippen LogP contribution in [0.3, 0.4) is 0 Å². The Kier molecular flexibility index (Phi) is 4.27. The molecule has 108 valence electrons. The van der Waals surface area contributed by atoms with E-state index in [0.29, 0.717) is 25.3 Å². The highest BCUT2D eigenvalue weighted by atomic mass is 16.5. The number of rotatable bonds is 4. The molecule has 1 aromatic carbocycles. The second-order valence-corrected chi connectivity index (χ2v) is 4.88. The van der Waals surface area contributed by atoms with E-state index in [-0.39, 0.29) is 18.2 Å². The molecule has 0 bridgehead atoms. The minimum atomic E-state index is -0.820. The number of fused-ring (bicyclic) bond motifs is 1. The summed E-state index contributed by atoms with van der Waals surface area (Å²) < 4.78 is 5.60. The normalized spacial score (nSPS) is 17.5. The molecule has 1 aliphatic heterocycles. The second kappa shape index (κ2) is 5.94. The summed E-state index contributed by atoms with van der Waals surface area (Å²) in [7, 11) is 0. The molecule has 20 heavy (non-hydrogen) atoms. The number of hydrogen-bond donors (Lipinski definition) is 1. The van der Waals surface area contributed by atoms with Gasteiger partial charge in [-0.15, -0.1) is 0 Å². The summed E-state index contributed by atoms with van der Waals surface area (Å²) in [4.78, 5) is 24.5. The highest BCUT2D eigenvalue weighted by molar-refractivity contribution is 5.95. The van der Waals surface area contributed by atoms with E-state index in [9.17, 15) is 9.59 Å². The third-order valence-corrected chi connectivity index (χ3v) is 3.54. The fourth-order valence-electron chi connectivity index (χ4n) is 2.72. The highest BCUT2D eigenvalue weighted by Gasteiger charge is 2.31. The number of carboxylic acids is 1. The topological polar surface area (TPSA) is 66.8 Å². The Morgan fingerprint density at radius 1 is 1.45 bits per heavy atom. The largest absolute Gasteiger partial charge is 0.492 e. The molecule has 0 aromatic heterocycles. The van der Waals surface area contributed by atoms with E-state index in [1.807, 2.05) is 25.1 Å². The number of carboxylic acid groups (broad SMARTS) is 1. The molecule has 0 saturated heterocycles. The SMILES string of the molecule is CCOc1cccc2c1N(C(C)=O)CCC2CC(=O)O. The van der Waals surface area contributed by atoms with Crippen LogP contribution in [0.5, 0.6) is 5.75 Å². The van der Waals surface area contributed by atoms with Gasteiger partial charge in [0.1, 0.15) is 5.75 Å². The van der Waals surface area contributed by atoms with Gasteiger partial charge >= 0.3 is 5.97 Å². The van der Waals surface area contributed by atoms with Crippen LogP contribution in [0.15, 0.2) is 18.2 Å². The first-order valence-corrected chi connectivity index (χ1v) is 6.80. The number of amides is 1. The molecule has 1 heterocycles. The van der Waals surface area contributed by atoms with Crippen molar-refractivity contribution in [2.45, 2.75) is 32.6 Å². The fourth-order valence-corrected chi connectivity index (χ4v) is 2.72. The zero-order chi connectivity index (χ0) is 14.7. The molecule has 0 spiro atoms. The van der Waals surface area contributed by atoms with Gasteiger partial charge in [0, 0.05) is 13.5 Å². The van der Waals surface area contributed by atoms with Crippen molar-refractivity contribution in [2.75, 3.05) is 18.1 Å². The number of benzene rings is 1. The number of anilines is 1. The quantitative estimate of drug-likeness (QED) is 0.917. The van der Waals surface area contributed by atoms with Crippen molar-refractivity contribution in [1.29, 1.82) is 0 Å². The number of hydrogen-bond acceptors (Lipinski definition) is 3. The fraction of sp³-hybridized carbons (Fsp3) is 0.467. The van der Waals surface area contributed by atoms with Crippen molar-refractivity contribution < 1.29 is 19.4 Å². The third-order valence-electron chi connectivity index (χ3n) is 3.54. The first-order valence-electron chi connectivity index (χ1n) is 6.80. The van der Waals surface area contributed by atoms with Crippen LogP contribution in [0.1, 0.15) is 38.2 Å². The Balaban J connectivity index is 2.48. The van der Waals surface area contributed by atoms with Crippen molar-refractivity contribution in [3.05, 3.63) is 23.8 Å². The number of nitrogens with zero attached hydrogens (tertiary/aromatic N) is 1. The monoisotopic (exact) mass is 277 g/mol. The maximum absolute atomic E-state index is 11.8. The molecule has 0 fully saturated rings. The summed E-state index contributed by atoms with van der Waals surface area (Å²) in [6, 6.07) is 5.56. The predicted molar refractivity (Wildman–Crippen MR) is 75.2 cm³/mol. The van der Waals surface area contributed by atoms with Gasteiger partial charge < -0.3 is 14.7 Å². The number of carbonyl (C=O) groups excluding carboxylic acids is 1. The van der Waals surface area contributed by atoms with Crippen molar-refractivity contribution in [1.82, 2.24) is 0 Å². The number of carbonyl (C=O) groups is 2. The molecule has 0 aliphatic carbocycles. The van der Waals surface area contributed by atoms with Crippen LogP contribution in [0.25, 0.3) is 0 Å². The predicted octanol–water partition coefficient (Wildman–Crippen LogP) is 2.40. The lowest BCUT2D eigenvalue weighted by Gasteiger charge is -2.34. The van der Waals surface area contributed by atoms with E-state index in [0.717, 1.165) is 11.3 Å². The van der Waals surface area contributed by atoms with E-state index in [2.05, 4.69) is 0 Å². The van der Waals surface area contributed by atoms with Crippen LogP contribution >= 0.6 is 0 Å². The first-order chi connectivity index (χ1) is 9.54. The molecule has 1 amide bonds. The number of aliphatic carboxylic acids is 1. The maximum Gasteiger partial charge on any atom is 0.303 e. The molecular formula is C15H19NO4.